The molecule has 94 valence electrons. The average molecular weight is 244 g/mol. The van der Waals surface area contributed by atoms with E-state index in [-0.39, 0.29) is 11.8 Å². The third-order valence-corrected chi connectivity index (χ3v) is 2.75. The van der Waals surface area contributed by atoms with Gasteiger partial charge in [0.15, 0.2) is 0 Å². The van der Waals surface area contributed by atoms with E-state index in [1.807, 2.05) is 0 Å². The number of carbonyl (C=O) groups excluding carboxylic acids is 1. The van der Waals surface area contributed by atoms with E-state index in [9.17, 15) is 4.79 Å². The lowest BCUT2D eigenvalue weighted by atomic mass is 9.97. The molecule has 0 aliphatic rings. The van der Waals surface area contributed by atoms with E-state index < -0.39 is 0 Å². The molecule has 0 atom stereocenters. The van der Waals surface area contributed by atoms with Crippen molar-refractivity contribution >= 4 is 23.1 Å². The summed E-state index contributed by atoms with van der Waals surface area (Å²) in [4.78, 5) is 12.3. The summed E-state index contributed by atoms with van der Waals surface area (Å²) in [6.45, 7) is 4.91. The Morgan fingerprint density at radius 2 is 1.88 bits per heavy atom. The first-order valence-corrected chi connectivity index (χ1v) is 6.58. The first-order chi connectivity index (χ1) is 7.61. The van der Waals surface area contributed by atoms with Crippen LogP contribution in [0.3, 0.4) is 0 Å². The van der Waals surface area contributed by atoms with Crippen LogP contribution in [0.25, 0.3) is 0 Å². The first kappa shape index (κ1) is 15.4. The highest BCUT2D eigenvalue weighted by atomic mass is 32.1. The maximum Gasteiger partial charge on any atom is 0.223 e. The van der Waals surface area contributed by atoms with Crippen molar-refractivity contribution in [2.45, 2.75) is 52.4 Å². The van der Waals surface area contributed by atoms with E-state index >= 15 is 0 Å². The smallest absolute Gasteiger partial charge is 0.223 e. The molecular formula is C12H24N2OS. The lowest BCUT2D eigenvalue weighted by Crippen LogP contribution is -2.31. The van der Waals surface area contributed by atoms with Crippen molar-refractivity contribution in [3.05, 3.63) is 0 Å². The van der Waals surface area contributed by atoms with Crippen molar-refractivity contribution in [1.29, 1.82) is 0 Å². The van der Waals surface area contributed by atoms with Crippen LogP contribution in [0.2, 0.25) is 0 Å². The molecule has 0 unspecified atom stereocenters. The van der Waals surface area contributed by atoms with Gasteiger partial charge in [-0.2, -0.15) is 0 Å². The number of rotatable bonds is 9. The van der Waals surface area contributed by atoms with Crippen LogP contribution in [0.15, 0.2) is 0 Å². The van der Waals surface area contributed by atoms with E-state index in [1.54, 1.807) is 0 Å². The largest absolute Gasteiger partial charge is 0.393 e. The predicted molar refractivity (Wildman–Crippen MR) is 72.3 cm³/mol. The monoisotopic (exact) mass is 244 g/mol. The Labute approximate surface area is 104 Å². The molecule has 1 amide bonds. The third-order valence-electron chi connectivity index (χ3n) is 2.54. The van der Waals surface area contributed by atoms with Gasteiger partial charge in [-0.05, 0) is 25.7 Å². The number of carbonyl (C=O) groups is 1. The molecule has 3 N–H and O–H groups in total. The molecule has 0 saturated heterocycles. The van der Waals surface area contributed by atoms with Gasteiger partial charge in [-0.1, -0.05) is 38.9 Å². The van der Waals surface area contributed by atoms with Gasteiger partial charge in [-0.25, -0.2) is 0 Å². The molecule has 3 nitrogen and oxygen atoms in total. The van der Waals surface area contributed by atoms with Gasteiger partial charge in [-0.15, -0.1) is 0 Å². The minimum atomic E-state index is 0.180. The summed E-state index contributed by atoms with van der Waals surface area (Å²) in [5.41, 5.74) is 5.38. The van der Waals surface area contributed by atoms with Crippen molar-refractivity contribution in [3.8, 4) is 0 Å². The van der Waals surface area contributed by atoms with Crippen LogP contribution in [0, 0.1) is 5.92 Å². The maximum absolute atomic E-state index is 11.8. The Hall–Kier alpha value is -0.640. The number of nitrogens with one attached hydrogen (secondary N) is 1. The third kappa shape index (κ3) is 7.63. The minimum Gasteiger partial charge on any atom is -0.393 e. The molecule has 4 heteroatoms. The van der Waals surface area contributed by atoms with Gasteiger partial charge >= 0.3 is 0 Å². The van der Waals surface area contributed by atoms with Crippen LogP contribution in [0.4, 0.5) is 0 Å². The van der Waals surface area contributed by atoms with E-state index in [1.165, 1.54) is 0 Å². The number of hydrogen-bond acceptors (Lipinski definition) is 2. The van der Waals surface area contributed by atoms with E-state index in [2.05, 4.69) is 19.2 Å². The highest BCUT2D eigenvalue weighted by Crippen LogP contribution is 2.13. The normalized spacial score (nSPS) is 10.4. The van der Waals surface area contributed by atoms with Crippen LogP contribution >= 0.6 is 12.2 Å². The maximum atomic E-state index is 11.8. The van der Waals surface area contributed by atoms with Gasteiger partial charge < -0.3 is 11.1 Å². The second-order valence-electron chi connectivity index (χ2n) is 4.14. The Bertz CT molecular complexity index is 213. The summed E-state index contributed by atoms with van der Waals surface area (Å²) < 4.78 is 0. The summed E-state index contributed by atoms with van der Waals surface area (Å²) in [6, 6.07) is 0. The van der Waals surface area contributed by atoms with E-state index in [0.717, 1.165) is 32.1 Å². The lowest BCUT2D eigenvalue weighted by Gasteiger charge is -2.14. The average Bonchev–Trinajstić information content (AvgIpc) is 2.23. The topological polar surface area (TPSA) is 55.1 Å². The molecular weight excluding hydrogens is 220 g/mol. The fourth-order valence-corrected chi connectivity index (χ4v) is 1.87. The number of hydrogen-bond donors (Lipinski definition) is 2. The van der Waals surface area contributed by atoms with Gasteiger partial charge in [0.25, 0.3) is 0 Å². The fraction of sp³-hybridized carbons (Fsp3) is 0.833. The zero-order valence-electron chi connectivity index (χ0n) is 10.4. The molecule has 0 spiro atoms. The molecule has 0 aliphatic carbocycles. The molecule has 0 saturated carbocycles. The SMILES string of the molecule is CCCC(CCC)C(=O)NCCCC(N)=S. The first-order valence-electron chi connectivity index (χ1n) is 6.17. The molecule has 16 heavy (non-hydrogen) atoms. The summed E-state index contributed by atoms with van der Waals surface area (Å²) in [5.74, 6) is 0.367. The van der Waals surface area contributed by atoms with Crippen molar-refractivity contribution in [2.24, 2.45) is 11.7 Å². The highest BCUT2D eigenvalue weighted by Gasteiger charge is 2.15. The molecule has 0 aliphatic heterocycles. The van der Waals surface area contributed by atoms with Gasteiger partial charge in [0.2, 0.25) is 5.91 Å². The Morgan fingerprint density at radius 3 is 2.31 bits per heavy atom. The predicted octanol–water partition coefficient (Wildman–Crippen LogP) is 2.39. The standard InChI is InChI=1S/C12H24N2OS/c1-3-6-10(7-4-2)12(15)14-9-5-8-11(13)16/h10H,3-9H2,1-2H3,(H2,13,16)(H,14,15). The van der Waals surface area contributed by atoms with Crippen molar-refractivity contribution in [3.63, 3.8) is 0 Å². The number of amides is 1. The minimum absolute atomic E-state index is 0.180. The fourth-order valence-electron chi connectivity index (χ4n) is 1.72. The summed E-state index contributed by atoms with van der Waals surface area (Å²) in [5, 5.41) is 2.95. The Morgan fingerprint density at radius 1 is 1.31 bits per heavy atom. The Balaban J connectivity index is 3.77. The summed E-state index contributed by atoms with van der Waals surface area (Å²) in [6.07, 6.45) is 5.63. The molecule has 0 aromatic rings. The molecule has 0 aromatic carbocycles. The zero-order chi connectivity index (χ0) is 12.4. The molecule has 0 rings (SSSR count). The summed E-state index contributed by atoms with van der Waals surface area (Å²) in [7, 11) is 0. The highest BCUT2D eigenvalue weighted by molar-refractivity contribution is 7.80. The molecule has 0 fully saturated rings. The van der Waals surface area contributed by atoms with Crippen molar-refractivity contribution in [1.82, 2.24) is 5.32 Å². The van der Waals surface area contributed by atoms with Crippen molar-refractivity contribution in [2.75, 3.05) is 6.54 Å². The van der Waals surface area contributed by atoms with Crippen LogP contribution in [0.1, 0.15) is 52.4 Å². The van der Waals surface area contributed by atoms with Crippen LogP contribution < -0.4 is 11.1 Å². The number of nitrogens with two attached hydrogens (primary N) is 1. The second-order valence-corrected chi connectivity index (χ2v) is 4.66. The number of thiocarbonyl (C=S) groups is 1. The van der Waals surface area contributed by atoms with E-state index in [4.69, 9.17) is 18.0 Å². The molecule has 0 heterocycles. The summed E-state index contributed by atoms with van der Waals surface area (Å²) >= 11 is 4.77. The van der Waals surface area contributed by atoms with Gasteiger partial charge in [0, 0.05) is 12.5 Å². The van der Waals surface area contributed by atoms with Gasteiger partial charge in [0.05, 0.1) is 4.99 Å². The second kappa shape index (κ2) is 9.58. The Kier molecular flexibility index (Phi) is 9.19. The lowest BCUT2D eigenvalue weighted by molar-refractivity contribution is -0.125. The van der Waals surface area contributed by atoms with Crippen LogP contribution in [0.5, 0.6) is 0 Å². The van der Waals surface area contributed by atoms with E-state index in [0.29, 0.717) is 18.0 Å². The van der Waals surface area contributed by atoms with Crippen LogP contribution in [-0.2, 0) is 4.79 Å². The van der Waals surface area contributed by atoms with Crippen LogP contribution in [-0.4, -0.2) is 17.4 Å². The molecule has 0 radical (unpaired) electrons. The van der Waals surface area contributed by atoms with Gasteiger partial charge in [-0.3, -0.25) is 4.79 Å². The molecule has 0 bridgehead atoms. The van der Waals surface area contributed by atoms with Crippen molar-refractivity contribution < 1.29 is 4.79 Å². The zero-order valence-corrected chi connectivity index (χ0v) is 11.2. The van der Waals surface area contributed by atoms with Gasteiger partial charge in [0.1, 0.15) is 0 Å². The molecule has 0 aromatic heterocycles. The quantitative estimate of drug-likeness (QED) is 0.483.